The van der Waals surface area contributed by atoms with Crippen LogP contribution in [0.5, 0.6) is 11.5 Å². The van der Waals surface area contributed by atoms with Crippen molar-refractivity contribution in [2.24, 2.45) is 0 Å². The third kappa shape index (κ3) is 1.92. The lowest BCUT2D eigenvalue weighted by Gasteiger charge is -2.05. The second-order valence-electron chi connectivity index (χ2n) is 4.80. The Kier molecular flexibility index (Phi) is 2.60. The Hall–Kier alpha value is -2.89. The number of H-pyrrole nitrogens is 1. The number of aromatic amines is 1. The van der Waals surface area contributed by atoms with E-state index in [0.29, 0.717) is 0 Å². The zero-order chi connectivity index (χ0) is 14.2. The average molecular weight is 280 g/mol. The fourth-order valence-corrected chi connectivity index (χ4v) is 2.46. The number of rotatable bonds is 2. The van der Waals surface area contributed by atoms with E-state index in [1.165, 1.54) is 0 Å². The van der Waals surface area contributed by atoms with Crippen LogP contribution in [0.1, 0.15) is 5.56 Å². The molecule has 1 N–H and O–H groups in total. The lowest BCUT2D eigenvalue weighted by molar-refractivity contribution is 0.173. The first-order valence-electron chi connectivity index (χ1n) is 6.55. The zero-order valence-corrected chi connectivity index (χ0v) is 11.3. The summed E-state index contributed by atoms with van der Waals surface area (Å²) in [6.07, 6.45) is 3.51. The lowest BCUT2D eigenvalue weighted by Crippen LogP contribution is -1.93. The molecule has 104 valence electrons. The summed E-state index contributed by atoms with van der Waals surface area (Å²) in [5.74, 6) is 1.54. The highest BCUT2D eigenvalue weighted by molar-refractivity contribution is 5.79. The van der Waals surface area contributed by atoms with Gasteiger partial charge in [-0.3, -0.25) is 10.1 Å². The Bertz CT molecular complexity index is 799. The maximum atomic E-state index is 5.47. The molecule has 0 amide bonds. The van der Waals surface area contributed by atoms with E-state index in [1.807, 2.05) is 31.2 Å². The van der Waals surface area contributed by atoms with Crippen LogP contribution in [-0.4, -0.2) is 27.2 Å². The second kappa shape index (κ2) is 4.59. The summed E-state index contributed by atoms with van der Waals surface area (Å²) < 4.78 is 10.9. The van der Waals surface area contributed by atoms with Gasteiger partial charge in [-0.05, 0) is 36.8 Å². The molecule has 3 aromatic rings. The summed E-state index contributed by atoms with van der Waals surface area (Å²) in [7, 11) is 0. The van der Waals surface area contributed by atoms with Crippen molar-refractivity contribution in [3.05, 3.63) is 42.2 Å². The molecule has 0 bridgehead atoms. The van der Waals surface area contributed by atoms with Crippen LogP contribution in [0.2, 0.25) is 0 Å². The molecule has 0 saturated carbocycles. The van der Waals surface area contributed by atoms with E-state index in [0.717, 1.165) is 39.6 Å². The number of nitrogens with one attached hydrogen (secondary N) is 1. The van der Waals surface area contributed by atoms with Crippen LogP contribution in [0.4, 0.5) is 0 Å². The van der Waals surface area contributed by atoms with Crippen molar-refractivity contribution >= 4 is 0 Å². The number of hydrogen-bond donors (Lipinski definition) is 1. The Balaban J connectivity index is 1.86. The highest BCUT2D eigenvalue weighted by Crippen LogP contribution is 2.40. The number of pyridine rings is 1. The largest absolute Gasteiger partial charge is 0.454 e. The second-order valence-corrected chi connectivity index (χ2v) is 4.80. The Morgan fingerprint density at radius 2 is 2.14 bits per heavy atom. The van der Waals surface area contributed by atoms with Gasteiger partial charge in [-0.25, -0.2) is 0 Å². The number of aryl methyl sites for hydroxylation is 1. The van der Waals surface area contributed by atoms with E-state index in [4.69, 9.17) is 9.47 Å². The highest BCUT2D eigenvalue weighted by Gasteiger charge is 2.20. The molecule has 21 heavy (non-hydrogen) atoms. The van der Waals surface area contributed by atoms with Gasteiger partial charge in [0.2, 0.25) is 6.79 Å². The fourth-order valence-electron chi connectivity index (χ4n) is 2.46. The first-order valence-corrected chi connectivity index (χ1v) is 6.55. The lowest BCUT2D eigenvalue weighted by atomic mass is 10.0. The molecule has 0 aliphatic carbocycles. The minimum absolute atomic E-state index is 0.258. The first kappa shape index (κ1) is 11.9. The molecule has 6 nitrogen and oxygen atoms in total. The maximum Gasteiger partial charge on any atom is 0.231 e. The number of nitrogens with zero attached hydrogens (tertiary/aromatic N) is 3. The molecule has 0 unspecified atom stereocenters. The predicted molar refractivity (Wildman–Crippen MR) is 75.9 cm³/mol. The van der Waals surface area contributed by atoms with Crippen LogP contribution >= 0.6 is 0 Å². The van der Waals surface area contributed by atoms with Gasteiger partial charge in [-0.2, -0.15) is 0 Å². The number of hydrogen-bond acceptors (Lipinski definition) is 5. The number of aromatic nitrogens is 4. The molecule has 2 aromatic heterocycles. The van der Waals surface area contributed by atoms with Crippen molar-refractivity contribution in [2.45, 2.75) is 6.92 Å². The van der Waals surface area contributed by atoms with Crippen molar-refractivity contribution in [1.29, 1.82) is 0 Å². The average Bonchev–Trinajstić information content (AvgIpc) is 3.17. The smallest absolute Gasteiger partial charge is 0.231 e. The molecule has 1 aliphatic rings. The van der Waals surface area contributed by atoms with Gasteiger partial charge in [-0.15, -0.1) is 5.10 Å². The minimum atomic E-state index is 0.258. The van der Waals surface area contributed by atoms with Gasteiger partial charge in [0.25, 0.3) is 0 Å². The summed E-state index contributed by atoms with van der Waals surface area (Å²) in [6, 6.07) is 7.79. The Morgan fingerprint density at radius 1 is 1.19 bits per heavy atom. The summed E-state index contributed by atoms with van der Waals surface area (Å²) in [6.45, 7) is 2.24. The van der Waals surface area contributed by atoms with Crippen LogP contribution in [0, 0.1) is 6.92 Å². The molecule has 6 heteroatoms. The van der Waals surface area contributed by atoms with Gasteiger partial charge in [0.1, 0.15) is 5.69 Å². The van der Waals surface area contributed by atoms with Crippen molar-refractivity contribution < 1.29 is 9.47 Å². The zero-order valence-electron chi connectivity index (χ0n) is 11.3. The molecule has 0 spiro atoms. The van der Waals surface area contributed by atoms with Gasteiger partial charge in [0, 0.05) is 23.5 Å². The highest BCUT2D eigenvalue weighted by atomic mass is 16.7. The van der Waals surface area contributed by atoms with Crippen LogP contribution in [0.15, 0.2) is 36.7 Å². The Morgan fingerprint density at radius 3 is 3.00 bits per heavy atom. The van der Waals surface area contributed by atoms with E-state index >= 15 is 0 Å². The molecule has 4 rings (SSSR count). The van der Waals surface area contributed by atoms with Gasteiger partial charge >= 0.3 is 0 Å². The van der Waals surface area contributed by atoms with E-state index < -0.39 is 0 Å². The van der Waals surface area contributed by atoms with Gasteiger partial charge in [0.15, 0.2) is 11.5 Å². The number of ether oxygens (including phenoxy) is 2. The molecule has 0 atom stereocenters. The molecule has 1 aliphatic heterocycles. The SMILES string of the molecule is Cc1cc(-c2nn[nH]c2-c2cccnc2)cc2c1OCO2. The molecule has 0 fully saturated rings. The van der Waals surface area contributed by atoms with Gasteiger partial charge in [-0.1, -0.05) is 5.21 Å². The standard InChI is InChI=1S/C15H12N4O2/c1-9-5-11(6-12-15(9)21-8-20-12)14-13(17-19-18-14)10-3-2-4-16-7-10/h2-7H,8H2,1H3,(H,17,18,19). The molecular formula is C15H12N4O2. The maximum absolute atomic E-state index is 5.47. The van der Waals surface area contributed by atoms with E-state index in [1.54, 1.807) is 12.4 Å². The van der Waals surface area contributed by atoms with E-state index in [9.17, 15) is 0 Å². The molecule has 0 radical (unpaired) electrons. The molecule has 1 aromatic carbocycles. The Labute approximate surface area is 120 Å². The van der Waals surface area contributed by atoms with Crippen molar-refractivity contribution in [3.8, 4) is 34.0 Å². The number of benzene rings is 1. The van der Waals surface area contributed by atoms with E-state index in [2.05, 4.69) is 20.4 Å². The van der Waals surface area contributed by atoms with Crippen LogP contribution in [-0.2, 0) is 0 Å². The van der Waals surface area contributed by atoms with Gasteiger partial charge in [0.05, 0.1) is 5.69 Å². The molecular weight excluding hydrogens is 268 g/mol. The van der Waals surface area contributed by atoms with Crippen LogP contribution in [0.25, 0.3) is 22.5 Å². The molecule has 3 heterocycles. The summed E-state index contributed by atoms with van der Waals surface area (Å²) >= 11 is 0. The third-order valence-corrected chi connectivity index (χ3v) is 3.43. The van der Waals surface area contributed by atoms with Crippen LogP contribution in [0.3, 0.4) is 0 Å². The van der Waals surface area contributed by atoms with Crippen LogP contribution < -0.4 is 9.47 Å². The molecule has 0 saturated heterocycles. The monoisotopic (exact) mass is 280 g/mol. The summed E-state index contributed by atoms with van der Waals surface area (Å²) in [5, 5.41) is 11.1. The van der Waals surface area contributed by atoms with Gasteiger partial charge < -0.3 is 9.47 Å². The first-order chi connectivity index (χ1) is 10.3. The van der Waals surface area contributed by atoms with E-state index in [-0.39, 0.29) is 6.79 Å². The topological polar surface area (TPSA) is 72.9 Å². The minimum Gasteiger partial charge on any atom is -0.454 e. The summed E-state index contributed by atoms with van der Waals surface area (Å²) in [5.41, 5.74) is 4.49. The normalized spacial score (nSPS) is 12.6. The van der Waals surface area contributed by atoms with Crippen molar-refractivity contribution in [1.82, 2.24) is 20.4 Å². The van der Waals surface area contributed by atoms with Crippen molar-refractivity contribution in [2.75, 3.05) is 6.79 Å². The van der Waals surface area contributed by atoms with Crippen molar-refractivity contribution in [3.63, 3.8) is 0 Å². The summed E-state index contributed by atoms with van der Waals surface area (Å²) in [4.78, 5) is 4.13. The predicted octanol–water partition coefficient (Wildman–Crippen LogP) is 2.57. The quantitative estimate of drug-likeness (QED) is 0.781. The number of fused-ring (bicyclic) bond motifs is 1. The fraction of sp³-hybridized carbons (Fsp3) is 0.133. The third-order valence-electron chi connectivity index (χ3n) is 3.43.